The summed E-state index contributed by atoms with van der Waals surface area (Å²) in [5.74, 6) is 0.183. The summed E-state index contributed by atoms with van der Waals surface area (Å²) < 4.78 is 0. The molecule has 0 atom stereocenters. The second-order valence-electron chi connectivity index (χ2n) is 8.81. The van der Waals surface area contributed by atoms with E-state index >= 15 is 0 Å². The van der Waals surface area contributed by atoms with Gasteiger partial charge in [-0.05, 0) is 57.4 Å². The molecule has 1 aliphatic rings. The summed E-state index contributed by atoms with van der Waals surface area (Å²) in [6.45, 7) is 11.5. The Labute approximate surface area is 180 Å². The van der Waals surface area contributed by atoms with E-state index in [1.165, 1.54) is 0 Å². The molecule has 2 amide bonds. The van der Waals surface area contributed by atoms with Crippen molar-refractivity contribution < 1.29 is 9.59 Å². The van der Waals surface area contributed by atoms with Gasteiger partial charge >= 0.3 is 0 Å². The van der Waals surface area contributed by atoms with E-state index in [-0.39, 0.29) is 17.7 Å². The highest BCUT2D eigenvalue weighted by Crippen LogP contribution is 2.23. The average molecular weight is 410 g/mol. The molecule has 162 valence electrons. The molecular weight excluding hydrogens is 374 g/mol. The van der Waals surface area contributed by atoms with Crippen LogP contribution in [0, 0.1) is 5.92 Å². The molecule has 1 aliphatic heterocycles. The molecule has 1 fully saturated rings. The number of rotatable bonds is 7. The smallest absolute Gasteiger partial charge is 0.254 e. The summed E-state index contributed by atoms with van der Waals surface area (Å²) in [4.78, 5) is 30.0. The summed E-state index contributed by atoms with van der Waals surface area (Å²) in [7, 11) is 0. The number of hydrogen-bond donors (Lipinski definition) is 1. The quantitative estimate of drug-likeness (QED) is 0.754. The fraction of sp³-hybridized carbons (Fsp3) is 0.520. The third-order valence-corrected chi connectivity index (χ3v) is 6.17. The highest BCUT2D eigenvalue weighted by atomic mass is 16.2. The van der Waals surface area contributed by atoms with E-state index in [2.05, 4.69) is 37.9 Å². The number of nitrogens with zero attached hydrogens (tertiary/aromatic N) is 2. The number of amides is 2. The van der Waals surface area contributed by atoms with Crippen LogP contribution < -0.4 is 5.32 Å². The molecule has 0 saturated carbocycles. The molecule has 5 heteroatoms. The van der Waals surface area contributed by atoms with E-state index in [9.17, 15) is 9.59 Å². The van der Waals surface area contributed by atoms with Crippen molar-refractivity contribution >= 4 is 22.6 Å². The van der Waals surface area contributed by atoms with Crippen LogP contribution in [0.5, 0.6) is 0 Å². The maximum Gasteiger partial charge on any atom is 0.254 e. The van der Waals surface area contributed by atoms with Gasteiger partial charge in [-0.25, -0.2) is 0 Å². The second-order valence-corrected chi connectivity index (χ2v) is 8.81. The van der Waals surface area contributed by atoms with Gasteiger partial charge < -0.3 is 10.2 Å². The van der Waals surface area contributed by atoms with Crippen LogP contribution >= 0.6 is 0 Å². The molecule has 0 aliphatic carbocycles. The minimum Gasteiger partial charge on any atom is -0.355 e. The van der Waals surface area contributed by atoms with Crippen molar-refractivity contribution in [3.05, 3.63) is 48.0 Å². The van der Waals surface area contributed by atoms with E-state index in [1.807, 2.05) is 47.4 Å². The Morgan fingerprint density at radius 3 is 2.30 bits per heavy atom. The lowest BCUT2D eigenvalue weighted by Crippen LogP contribution is -2.46. The van der Waals surface area contributed by atoms with Gasteiger partial charge in [0, 0.05) is 49.7 Å². The summed E-state index contributed by atoms with van der Waals surface area (Å²) in [6, 6.07) is 14.8. The molecule has 2 aromatic rings. The van der Waals surface area contributed by atoms with Crippen molar-refractivity contribution in [3.8, 4) is 0 Å². The molecule has 30 heavy (non-hydrogen) atoms. The standard InChI is InChI=1S/C25H35N3O2/c1-18(2)28(19(3)4)17-14-26-24(29)21-12-15-27(16-13-21)25(30)23-11-7-9-20-8-5-6-10-22(20)23/h5-11,18-19,21H,12-17H2,1-4H3,(H,26,29). The van der Waals surface area contributed by atoms with E-state index in [0.29, 0.717) is 31.7 Å². The summed E-state index contributed by atoms with van der Waals surface area (Å²) >= 11 is 0. The lowest BCUT2D eigenvalue weighted by molar-refractivity contribution is -0.126. The predicted molar refractivity (Wildman–Crippen MR) is 123 cm³/mol. The third-order valence-electron chi connectivity index (χ3n) is 6.17. The van der Waals surface area contributed by atoms with E-state index in [4.69, 9.17) is 0 Å². The molecule has 5 nitrogen and oxygen atoms in total. The Balaban J connectivity index is 1.52. The maximum atomic E-state index is 13.1. The van der Waals surface area contributed by atoms with Crippen LogP contribution in [-0.4, -0.2) is 59.9 Å². The van der Waals surface area contributed by atoms with Crippen molar-refractivity contribution in [2.24, 2.45) is 5.92 Å². The lowest BCUT2D eigenvalue weighted by atomic mass is 9.95. The fourth-order valence-electron chi connectivity index (χ4n) is 4.49. The topological polar surface area (TPSA) is 52.7 Å². The van der Waals surface area contributed by atoms with Crippen molar-refractivity contribution in [2.45, 2.75) is 52.6 Å². The van der Waals surface area contributed by atoms with E-state index in [1.54, 1.807) is 0 Å². The summed E-state index contributed by atoms with van der Waals surface area (Å²) in [5.41, 5.74) is 0.749. The van der Waals surface area contributed by atoms with E-state index in [0.717, 1.165) is 35.7 Å². The highest BCUT2D eigenvalue weighted by Gasteiger charge is 2.28. The Morgan fingerprint density at radius 2 is 1.63 bits per heavy atom. The highest BCUT2D eigenvalue weighted by molar-refractivity contribution is 6.07. The van der Waals surface area contributed by atoms with Crippen LogP contribution in [0.1, 0.15) is 50.9 Å². The number of piperidine rings is 1. The van der Waals surface area contributed by atoms with Crippen LogP contribution in [0.25, 0.3) is 10.8 Å². The zero-order valence-electron chi connectivity index (χ0n) is 18.7. The first kappa shape index (κ1) is 22.3. The molecule has 0 aromatic heterocycles. The Hall–Kier alpha value is -2.40. The third kappa shape index (κ3) is 5.20. The summed E-state index contributed by atoms with van der Waals surface area (Å²) in [6.07, 6.45) is 1.45. The van der Waals surface area contributed by atoms with Gasteiger partial charge in [0.05, 0.1) is 0 Å². The number of hydrogen-bond acceptors (Lipinski definition) is 3. The van der Waals surface area contributed by atoms with Gasteiger partial charge in [0.15, 0.2) is 0 Å². The van der Waals surface area contributed by atoms with Gasteiger partial charge in [-0.3, -0.25) is 14.5 Å². The summed E-state index contributed by atoms with van der Waals surface area (Å²) in [5, 5.41) is 5.18. The fourth-order valence-corrected chi connectivity index (χ4v) is 4.49. The second kappa shape index (κ2) is 10.1. The van der Waals surface area contributed by atoms with Crippen LogP contribution in [0.3, 0.4) is 0 Å². The monoisotopic (exact) mass is 409 g/mol. The average Bonchev–Trinajstić information content (AvgIpc) is 2.75. The Morgan fingerprint density at radius 1 is 1.00 bits per heavy atom. The van der Waals surface area contributed by atoms with Crippen LogP contribution in [0.2, 0.25) is 0 Å². The van der Waals surface area contributed by atoms with Crippen LogP contribution in [-0.2, 0) is 4.79 Å². The van der Waals surface area contributed by atoms with Gasteiger partial charge in [0.1, 0.15) is 0 Å². The van der Waals surface area contributed by atoms with Gasteiger partial charge in [-0.15, -0.1) is 0 Å². The Kier molecular flexibility index (Phi) is 7.48. The molecule has 1 heterocycles. The minimum absolute atomic E-state index is 0.00637. The zero-order chi connectivity index (χ0) is 21.7. The number of carbonyl (C=O) groups excluding carboxylic acids is 2. The normalized spacial score (nSPS) is 15.4. The van der Waals surface area contributed by atoms with Crippen LogP contribution in [0.4, 0.5) is 0 Å². The van der Waals surface area contributed by atoms with Gasteiger partial charge in [0.25, 0.3) is 5.91 Å². The number of nitrogens with one attached hydrogen (secondary N) is 1. The van der Waals surface area contributed by atoms with E-state index < -0.39 is 0 Å². The first-order valence-corrected chi connectivity index (χ1v) is 11.2. The first-order valence-electron chi connectivity index (χ1n) is 11.2. The molecule has 0 bridgehead atoms. The number of fused-ring (bicyclic) bond motifs is 1. The molecule has 0 unspecified atom stereocenters. The van der Waals surface area contributed by atoms with Crippen molar-refractivity contribution in [2.75, 3.05) is 26.2 Å². The molecule has 1 N–H and O–H groups in total. The largest absolute Gasteiger partial charge is 0.355 e. The number of carbonyl (C=O) groups is 2. The predicted octanol–water partition coefficient (Wildman–Crippen LogP) is 3.93. The van der Waals surface area contributed by atoms with Gasteiger partial charge in [-0.2, -0.15) is 0 Å². The van der Waals surface area contributed by atoms with Gasteiger partial charge in [-0.1, -0.05) is 36.4 Å². The lowest BCUT2D eigenvalue weighted by Gasteiger charge is -2.33. The number of likely N-dealkylation sites (tertiary alicyclic amines) is 1. The number of benzene rings is 2. The van der Waals surface area contributed by atoms with Crippen LogP contribution in [0.15, 0.2) is 42.5 Å². The van der Waals surface area contributed by atoms with Gasteiger partial charge in [0.2, 0.25) is 5.91 Å². The molecule has 0 radical (unpaired) electrons. The first-order chi connectivity index (χ1) is 14.4. The maximum absolute atomic E-state index is 13.1. The zero-order valence-corrected chi connectivity index (χ0v) is 18.7. The van der Waals surface area contributed by atoms with Crippen molar-refractivity contribution in [1.29, 1.82) is 0 Å². The minimum atomic E-state index is -0.00637. The molecule has 0 spiro atoms. The molecular formula is C25H35N3O2. The SMILES string of the molecule is CC(C)N(CCNC(=O)C1CCN(C(=O)c2cccc3ccccc23)CC1)C(C)C. The van der Waals surface area contributed by atoms with Crippen molar-refractivity contribution in [3.63, 3.8) is 0 Å². The molecule has 1 saturated heterocycles. The Bertz CT molecular complexity index is 856. The molecule has 2 aromatic carbocycles. The van der Waals surface area contributed by atoms with Crippen molar-refractivity contribution in [1.82, 2.24) is 15.1 Å². The molecule has 3 rings (SSSR count).